The lowest BCUT2D eigenvalue weighted by Crippen LogP contribution is -2.31. The van der Waals surface area contributed by atoms with Crippen molar-refractivity contribution in [3.63, 3.8) is 0 Å². The predicted molar refractivity (Wildman–Crippen MR) is 132 cm³/mol. The van der Waals surface area contributed by atoms with Crippen LogP contribution in [0.25, 0.3) is 6.08 Å². The Bertz CT molecular complexity index is 1070. The van der Waals surface area contributed by atoms with Crippen LogP contribution in [-0.4, -0.2) is 45.2 Å². The summed E-state index contributed by atoms with van der Waals surface area (Å²) < 4.78 is 2.19. The zero-order valence-corrected chi connectivity index (χ0v) is 19.6. The Morgan fingerprint density at radius 3 is 2.52 bits per heavy atom. The summed E-state index contributed by atoms with van der Waals surface area (Å²) >= 11 is 0. The molecule has 0 fully saturated rings. The maximum Gasteiger partial charge on any atom is 0.220 e. The number of amides is 1. The molecule has 1 aliphatic rings. The van der Waals surface area contributed by atoms with Gasteiger partial charge in [-0.1, -0.05) is 72.3 Å². The van der Waals surface area contributed by atoms with Crippen molar-refractivity contribution in [3.05, 3.63) is 89.0 Å². The van der Waals surface area contributed by atoms with Crippen LogP contribution in [0.15, 0.2) is 66.2 Å². The van der Waals surface area contributed by atoms with Crippen LogP contribution < -0.4 is 5.32 Å². The Labute approximate surface area is 196 Å². The van der Waals surface area contributed by atoms with Gasteiger partial charge in [0.05, 0.1) is 6.04 Å². The van der Waals surface area contributed by atoms with Crippen LogP contribution in [-0.2, 0) is 24.2 Å². The van der Waals surface area contributed by atoms with E-state index in [0.717, 1.165) is 50.7 Å². The zero-order chi connectivity index (χ0) is 23.0. The summed E-state index contributed by atoms with van der Waals surface area (Å²) in [6.07, 6.45) is 4.32. The molecule has 1 atom stereocenters. The molecule has 1 amide bonds. The Morgan fingerprint density at radius 2 is 1.76 bits per heavy atom. The van der Waals surface area contributed by atoms with Crippen LogP contribution in [0.2, 0.25) is 0 Å². The molecule has 33 heavy (non-hydrogen) atoms. The van der Waals surface area contributed by atoms with Gasteiger partial charge in [0, 0.05) is 39.0 Å². The lowest BCUT2D eigenvalue weighted by atomic mass is 10.1. The molecule has 4 rings (SSSR count). The van der Waals surface area contributed by atoms with Gasteiger partial charge < -0.3 is 9.88 Å². The summed E-state index contributed by atoms with van der Waals surface area (Å²) in [5.41, 5.74) is 3.76. The molecule has 0 radical (unpaired) electrons. The van der Waals surface area contributed by atoms with Gasteiger partial charge in [0.2, 0.25) is 5.91 Å². The lowest BCUT2D eigenvalue weighted by molar-refractivity contribution is -0.121. The van der Waals surface area contributed by atoms with E-state index in [0.29, 0.717) is 6.42 Å². The van der Waals surface area contributed by atoms with Gasteiger partial charge in [-0.15, -0.1) is 10.2 Å². The zero-order valence-electron chi connectivity index (χ0n) is 19.6. The van der Waals surface area contributed by atoms with E-state index in [9.17, 15) is 4.79 Å². The third-order valence-electron chi connectivity index (χ3n) is 6.08. The highest BCUT2D eigenvalue weighted by Gasteiger charge is 2.22. The molecule has 1 N–H and O–H groups in total. The number of nitrogens with one attached hydrogen (secondary N) is 1. The average Bonchev–Trinajstić information content (AvgIpc) is 3.13. The van der Waals surface area contributed by atoms with Crippen molar-refractivity contribution < 1.29 is 4.79 Å². The van der Waals surface area contributed by atoms with Crippen molar-refractivity contribution in [2.75, 3.05) is 19.6 Å². The number of carbonyl (C=O) groups is 1. The van der Waals surface area contributed by atoms with Gasteiger partial charge in [0.1, 0.15) is 5.82 Å². The van der Waals surface area contributed by atoms with E-state index in [2.05, 4.69) is 74.4 Å². The van der Waals surface area contributed by atoms with Crippen LogP contribution in [0, 0.1) is 0 Å². The molecule has 3 aromatic rings. The minimum Gasteiger partial charge on any atom is -0.346 e. The fourth-order valence-corrected chi connectivity index (χ4v) is 4.38. The molecule has 0 spiro atoms. The first-order chi connectivity index (χ1) is 16.1. The Hall–Kier alpha value is -3.25. The first-order valence-corrected chi connectivity index (χ1v) is 11.8. The smallest absolute Gasteiger partial charge is 0.220 e. The first-order valence-electron chi connectivity index (χ1n) is 11.8. The van der Waals surface area contributed by atoms with Gasteiger partial charge in [-0.2, -0.15) is 0 Å². The minimum absolute atomic E-state index is 0.0422. The summed E-state index contributed by atoms with van der Waals surface area (Å²) in [4.78, 5) is 15.0. The topological polar surface area (TPSA) is 63.1 Å². The number of nitrogens with zero attached hydrogens (tertiary/aromatic N) is 4. The number of hydrogen-bond acceptors (Lipinski definition) is 4. The molecule has 0 saturated heterocycles. The number of aryl methyl sites for hydroxylation is 1. The van der Waals surface area contributed by atoms with Crippen LogP contribution in [0.4, 0.5) is 0 Å². The Morgan fingerprint density at radius 1 is 1.03 bits per heavy atom. The van der Waals surface area contributed by atoms with E-state index in [1.54, 1.807) is 0 Å². The maximum atomic E-state index is 12.5. The van der Waals surface area contributed by atoms with Crippen molar-refractivity contribution in [2.24, 2.45) is 0 Å². The molecule has 0 aliphatic carbocycles. The molecular formula is C27H33N5O. The molecule has 2 heterocycles. The number of benzene rings is 2. The van der Waals surface area contributed by atoms with Crippen molar-refractivity contribution in [3.8, 4) is 0 Å². The molecule has 0 bridgehead atoms. The van der Waals surface area contributed by atoms with E-state index >= 15 is 0 Å². The molecule has 2 aromatic carbocycles. The second kappa shape index (κ2) is 11.1. The van der Waals surface area contributed by atoms with Crippen LogP contribution in [0.5, 0.6) is 0 Å². The fourth-order valence-electron chi connectivity index (χ4n) is 4.38. The highest BCUT2D eigenvalue weighted by atomic mass is 16.1. The number of carbonyl (C=O) groups excluding carboxylic acids is 1. The van der Waals surface area contributed by atoms with Crippen molar-refractivity contribution in [2.45, 2.75) is 45.7 Å². The van der Waals surface area contributed by atoms with Gasteiger partial charge in [0.25, 0.3) is 0 Å². The summed E-state index contributed by atoms with van der Waals surface area (Å²) in [7, 11) is 0. The normalized spacial score (nSPS) is 15.5. The number of fused-ring (bicyclic) bond motifs is 1. The summed E-state index contributed by atoms with van der Waals surface area (Å²) in [6.45, 7) is 7.85. The van der Waals surface area contributed by atoms with Crippen molar-refractivity contribution in [1.82, 2.24) is 25.0 Å². The van der Waals surface area contributed by atoms with Crippen LogP contribution >= 0.6 is 0 Å². The van der Waals surface area contributed by atoms with Gasteiger partial charge in [-0.3, -0.25) is 9.69 Å². The molecule has 1 aromatic heterocycles. The van der Waals surface area contributed by atoms with E-state index in [1.165, 1.54) is 16.7 Å². The number of hydrogen-bond donors (Lipinski definition) is 1. The second-order valence-corrected chi connectivity index (χ2v) is 8.83. The largest absolute Gasteiger partial charge is 0.346 e. The lowest BCUT2D eigenvalue weighted by Gasteiger charge is -2.20. The highest BCUT2D eigenvalue weighted by Crippen LogP contribution is 2.17. The van der Waals surface area contributed by atoms with Crippen LogP contribution in [0.3, 0.4) is 0 Å². The molecular weight excluding hydrogens is 410 g/mol. The molecule has 1 aliphatic heterocycles. The van der Waals surface area contributed by atoms with E-state index < -0.39 is 0 Å². The fraction of sp³-hybridized carbons (Fsp3) is 0.370. The maximum absolute atomic E-state index is 12.5. The summed E-state index contributed by atoms with van der Waals surface area (Å²) in [6, 6.07) is 20.4. The quantitative estimate of drug-likeness (QED) is 0.571. The van der Waals surface area contributed by atoms with Crippen molar-refractivity contribution in [1.29, 1.82) is 0 Å². The van der Waals surface area contributed by atoms with E-state index in [-0.39, 0.29) is 11.9 Å². The van der Waals surface area contributed by atoms with E-state index in [4.69, 9.17) is 0 Å². The Balaban J connectivity index is 1.32. The number of aromatic nitrogens is 3. The molecule has 6 nitrogen and oxygen atoms in total. The summed E-state index contributed by atoms with van der Waals surface area (Å²) in [5, 5.41) is 12.0. The van der Waals surface area contributed by atoms with Gasteiger partial charge >= 0.3 is 0 Å². The first kappa shape index (κ1) is 22.9. The van der Waals surface area contributed by atoms with E-state index in [1.807, 2.05) is 31.2 Å². The van der Waals surface area contributed by atoms with Gasteiger partial charge in [-0.25, -0.2) is 0 Å². The highest BCUT2D eigenvalue weighted by molar-refractivity contribution is 5.76. The Kier molecular flexibility index (Phi) is 7.68. The monoisotopic (exact) mass is 443 g/mol. The molecule has 6 heteroatoms. The van der Waals surface area contributed by atoms with Gasteiger partial charge in [-0.05, 0) is 31.4 Å². The third-order valence-corrected chi connectivity index (χ3v) is 6.08. The third kappa shape index (κ3) is 6.39. The minimum atomic E-state index is -0.166. The molecule has 0 saturated carbocycles. The van der Waals surface area contributed by atoms with Crippen LogP contribution in [0.1, 0.15) is 49.1 Å². The van der Waals surface area contributed by atoms with Gasteiger partial charge in [0.15, 0.2) is 5.82 Å². The molecule has 0 unspecified atom stereocenters. The predicted octanol–water partition coefficient (Wildman–Crippen LogP) is 4.05. The molecule has 172 valence electrons. The standard InChI is InChI=1S/C27H33N5O/c1-21(19-24-11-7-4-8-12-24)20-31-16-15-25-29-30-27(32(25)18-17-31)22(2)28-26(33)14-13-23-9-5-3-6-10-23/h3-12,19,22H,13-18,20H2,1-2H3,(H,28,33)/b21-19+/t22-/m0/s1. The van der Waals surface area contributed by atoms with Crippen molar-refractivity contribution >= 4 is 12.0 Å². The second-order valence-electron chi connectivity index (χ2n) is 8.83. The SMILES string of the molecule is C/C(=C\c1ccccc1)CN1CCc2nnc([C@H](C)NC(=O)CCc3ccccc3)n2CC1. The average molecular weight is 444 g/mol. The number of rotatable bonds is 8. The summed E-state index contributed by atoms with van der Waals surface area (Å²) in [5.74, 6) is 1.89.